The summed E-state index contributed by atoms with van der Waals surface area (Å²) in [7, 11) is 1.34. The molecule has 0 aliphatic heterocycles. The van der Waals surface area contributed by atoms with Crippen molar-refractivity contribution in [1.82, 2.24) is 30.2 Å². The van der Waals surface area contributed by atoms with Crippen LogP contribution < -0.4 is 16.4 Å². The maximum atomic E-state index is 13.8. The van der Waals surface area contributed by atoms with E-state index in [1.807, 2.05) is 0 Å². The Kier molecular flexibility index (Phi) is 6.14. The largest absolute Gasteiger partial charge is 0.437 e. The van der Waals surface area contributed by atoms with E-state index in [0.717, 1.165) is 10.7 Å². The first-order valence-electron chi connectivity index (χ1n) is 10.2. The lowest BCUT2D eigenvalue weighted by atomic mass is 10.1. The summed E-state index contributed by atoms with van der Waals surface area (Å²) in [5.41, 5.74) is 3.17. The van der Waals surface area contributed by atoms with Crippen LogP contribution in [0.2, 0.25) is 0 Å². The molecule has 1 aromatic carbocycles. The van der Waals surface area contributed by atoms with Crippen LogP contribution in [-0.4, -0.2) is 49.7 Å². The summed E-state index contributed by atoms with van der Waals surface area (Å²) in [5, 5.41) is 12.0. The highest BCUT2D eigenvalue weighted by atomic mass is 19.4. The summed E-state index contributed by atoms with van der Waals surface area (Å²) >= 11 is 0. The third-order valence-electron chi connectivity index (χ3n) is 5.11. The summed E-state index contributed by atoms with van der Waals surface area (Å²) in [6.07, 6.45) is -4.93. The second kappa shape index (κ2) is 9.09. The van der Waals surface area contributed by atoms with Crippen LogP contribution in [0.15, 0.2) is 34.9 Å². The SMILES string of the molecule is CNC(=O)c1nc(Cn2nc(C(F)(F)F)c(NC(=O)c3cc(C(N)=O)nc4ccccc34)c2C)no1. The second-order valence-electron chi connectivity index (χ2n) is 7.45. The number of fused-ring (bicyclic) bond motifs is 1. The van der Waals surface area contributed by atoms with Gasteiger partial charge >= 0.3 is 18.0 Å². The van der Waals surface area contributed by atoms with Crippen molar-refractivity contribution in [3.05, 3.63) is 64.7 Å². The highest BCUT2D eigenvalue weighted by molar-refractivity contribution is 6.14. The fourth-order valence-corrected chi connectivity index (χ4v) is 3.37. The summed E-state index contributed by atoms with van der Waals surface area (Å²) in [5.74, 6) is -3.01. The highest BCUT2D eigenvalue weighted by Crippen LogP contribution is 2.36. The fourth-order valence-electron chi connectivity index (χ4n) is 3.37. The van der Waals surface area contributed by atoms with Crippen LogP contribution >= 0.6 is 0 Å². The van der Waals surface area contributed by atoms with Gasteiger partial charge in [0.15, 0.2) is 11.5 Å². The van der Waals surface area contributed by atoms with Crippen LogP contribution in [0.5, 0.6) is 0 Å². The number of hydrogen-bond acceptors (Lipinski definition) is 8. The Morgan fingerprint density at radius 3 is 2.53 bits per heavy atom. The summed E-state index contributed by atoms with van der Waals surface area (Å²) < 4.78 is 47.1. The van der Waals surface area contributed by atoms with Crippen LogP contribution in [0.4, 0.5) is 18.9 Å². The smallest absolute Gasteiger partial charge is 0.364 e. The molecule has 36 heavy (non-hydrogen) atoms. The Balaban J connectivity index is 1.73. The van der Waals surface area contributed by atoms with Crippen molar-refractivity contribution in [2.24, 2.45) is 5.73 Å². The molecule has 3 aromatic heterocycles. The molecule has 15 heteroatoms. The van der Waals surface area contributed by atoms with Crippen LogP contribution in [0.25, 0.3) is 10.9 Å². The van der Waals surface area contributed by atoms with Crippen molar-refractivity contribution in [2.75, 3.05) is 12.4 Å². The molecule has 0 unspecified atom stereocenters. The van der Waals surface area contributed by atoms with E-state index in [0.29, 0.717) is 5.39 Å². The molecule has 4 aromatic rings. The zero-order chi connectivity index (χ0) is 26.2. The molecule has 4 rings (SSSR count). The minimum atomic E-state index is -4.93. The van der Waals surface area contributed by atoms with Gasteiger partial charge in [-0.1, -0.05) is 23.4 Å². The molecule has 0 radical (unpaired) electrons. The number of alkyl halides is 3. The number of amides is 3. The number of carbonyl (C=O) groups excluding carboxylic acids is 3. The normalized spacial score (nSPS) is 11.5. The van der Waals surface area contributed by atoms with E-state index < -0.39 is 35.3 Å². The van der Waals surface area contributed by atoms with E-state index >= 15 is 0 Å². The van der Waals surface area contributed by atoms with E-state index in [1.54, 1.807) is 12.1 Å². The van der Waals surface area contributed by atoms with Gasteiger partial charge in [0, 0.05) is 12.4 Å². The number of rotatable bonds is 6. The van der Waals surface area contributed by atoms with Crippen molar-refractivity contribution >= 4 is 34.3 Å². The Morgan fingerprint density at radius 2 is 1.86 bits per heavy atom. The maximum Gasteiger partial charge on any atom is 0.437 e. The fraction of sp³-hybridized carbons (Fsp3) is 0.190. The van der Waals surface area contributed by atoms with Gasteiger partial charge in [0.25, 0.3) is 11.8 Å². The molecular formula is C21H17F3N8O4. The lowest BCUT2D eigenvalue weighted by Gasteiger charge is -2.11. The molecule has 0 aliphatic rings. The zero-order valence-corrected chi connectivity index (χ0v) is 18.7. The summed E-state index contributed by atoms with van der Waals surface area (Å²) in [6.45, 7) is 0.923. The van der Waals surface area contributed by atoms with E-state index in [2.05, 4.69) is 30.9 Å². The minimum Gasteiger partial charge on any atom is -0.364 e. The van der Waals surface area contributed by atoms with Gasteiger partial charge in [0.1, 0.15) is 12.2 Å². The Hall–Kier alpha value is -4.82. The number of aromatic nitrogens is 5. The molecule has 0 aliphatic carbocycles. The van der Waals surface area contributed by atoms with Gasteiger partial charge < -0.3 is 20.9 Å². The third kappa shape index (κ3) is 4.57. The Bertz CT molecular complexity index is 1510. The van der Waals surface area contributed by atoms with Crippen LogP contribution in [0.1, 0.15) is 48.7 Å². The molecular weight excluding hydrogens is 485 g/mol. The number of carbonyl (C=O) groups is 3. The Morgan fingerprint density at radius 1 is 1.14 bits per heavy atom. The molecule has 0 spiro atoms. The van der Waals surface area contributed by atoms with Crippen molar-refractivity contribution in [3.8, 4) is 0 Å². The molecule has 186 valence electrons. The monoisotopic (exact) mass is 502 g/mol. The predicted molar refractivity (Wildman–Crippen MR) is 117 cm³/mol. The number of nitrogens with zero attached hydrogens (tertiary/aromatic N) is 5. The van der Waals surface area contributed by atoms with Crippen LogP contribution in [0, 0.1) is 6.92 Å². The van der Waals surface area contributed by atoms with E-state index in [-0.39, 0.29) is 40.7 Å². The van der Waals surface area contributed by atoms with E-state index in [4.69, 9.17) is 10.3 Å². The molecule has 12 nitrogen and oxygen atoms in total. The van der Waals surface area contributed by atoms with E-state index in [9.17, 15) is 27.6 Å². The lowest BCUT2D eigenvalue weighted by Crippen LogP contribution is -2.19. The molecule has 0 fully saturated rings. The molecule has 0 atom stereocenters. The number of halogens is 3. The van der Waals surface area contributed by atoms with Crippen molar-refractivity contribution in [3.63, 3.8) is 0 Å². The lowest BCUT2D eigenvalue weighted by molar-refractivity contribution is -0.140. The van der Waals surface area contributed by atoms with Crippen molar-refractivity contribution in [2.45, 2.75) is 19.6 Å². The standard InChI is InChI=1S/C21H17F3N8O4/c1-9-15(29-18(34)11-7-13(17(25)33)27-12-6-4-3-5-10(11)12)16(21(22,23)24)30-32(9)8-14-28-20(36-31-14)19(35)26-2/h3-7H,8H2,1-2H3,(H2,25,33)(H,26,35)(H,29,34). The zero-order valence-electron chi connectivity index (χ0n) is 18.7. The van der Waals surface area contributed by atoms with Crippen molar-refractivity contribution in [1.29, 1.82) is 0 Å². The van der Waals surface area contributed by atoms with Gasteiger partial charge in [-0.3, -0.25) is 19.1 Å². The number of anilines is 1. The summed E-state index contributed by atoms with van der Waals surface area (Å²) in [4.78, 5) is 44.3. The minimum absolute atomic E-state index is 0.0737. The number of nitrogens with two attached hydrogens (primary N) is 1. The molecule has 0 saturated carbocycles. The number of benzene rings is 1. The number of para-hydroxylation sites is 1. The average Bonchev–Trinajstić information content (AvgIpc) is 3.43. The van der Waals surface area contributed by atoms with Crippen molar-refractivity contribution < 1.29 is 32.1 Å². The third-order valence-corrected chi connectivity index (χ3v) is 5.11. The van der Waals surface area contributed by atoms with Gasteiger partial charge in [0.2, 0.25) is 0 Å². The average molecular weight is 502 g/mol. The maximum absolute atomic E-state index is 13.8. The number of primary amides is 1. The van der Waals surface area contributed by atoms with Gasteiger partial charge in [-0.2, -0.15) is 23.3 Å². The summed E-state index contributed by atoms with van der Waals surface area (Å²) in [6, 6.07) is 7.38. The molecule has 4 N–H and O–H groups in total. The molecule has 0 saturated heterocycles. The predicted octanol–water partition coefficient (Wildman–Crippen LogP) is 1.90. The molecule has 3 amide bonds. The number of hydrogen-bond donors (Lipinski definition) is 3. The number of pyridine rings is 1. The number of nitrogens with one attached hydrogen (secondary N) is 2. The first-order chi connectivity index (χ1) is 17.0. The van der Waals surface area contributed by atoms with Gasteiger partial charge in [-0.25, -0.2) is 4.98 Å². The Labute approximate surface area is 199 Å². The van der Waals surface area contributed by atoms with E-state index in [1.165, 1.54) is 26.1 Å². The molecule has 0 bridgehead atoms. The van der Waals surface area contributed by atoms with Gasteiger partial charge in [-0.15, -0.1) is 0 Å². The quantitative estimate of drug-likeness (QED) is 0.359. The van der Waals surface area contributed by atoms with Gasteiger partial charge in [-0.05, 0) is 19.1 Å². The van der Waals surface area contributed by atoms with Crippen LogP contribution in [-0.2, 0) is 12.7 Å². The highest BCUT2D eigenvalue weighted by Gasteiger charge is 2.39. The van der Waals surface area contributed by atoms with Crippen LogP contribution in [0.3, 0.4) is 0 Å². The first-order valence-corrected chi connectivity index (χ1v) is 10.2. The topological polar surface area (TPSA) is 171 Å². The first kappa shape index (κ1) is 24.3. The second-order valence-corrected chi connectivity index (χ2v) is 7.45. The molecule has 3 heterocycles. The van der Waals surface area contributed by atoms with Gasteiger partial charge in [0.05, 0.1) is 22.5 Å².